The van der Waals surface area contributed by atoms with Crippen LogP contribution in [0.5, 0.6) is 0 Å². The molecule has 0 spiro atoms. The minimum absolute atomic E-state index is 0.111. The smallest absolute Gasteiger partial charge is 0.0713 e. The highest BCUT2D eigenvalue weighted by atomic mass is 15.1. The lowest BCUT2D eigenvalue weighted by Crippen LogP contribution is -2.28. The topological polar surface area (TPSA) is 3.24 Å². The van der Waals surface area contributed by atoms with Gasteiger partial charge in [0.05, 0.1) is 22.1 Å². The van der Waals surface area contributed by atoms with Gasteiger partial charge in [0.2, 0.25) is 0 Å². The number of para-hydroxylation sites is 1. The van der Waals surface area contributed by atoms with Gasteiger partial charge in [-0.25, -0.2) is 0 Å². The van der Waals surface area contributed by atoms with Crippen molar-refractivity contribution >= 4 is 38.6 Å². The second-order valence-electron chi connectivity index (χ2n) is 16.1. The van der Waals surface area contributed by atoms with Gasteiger partial charge in [0.25, 0.3) is 0 Å². The van der Waals surface area contributed by atoms with Crippen molar-refractivity contribution in [3.63, 3.8) is 0 Å². The zero-order valence-electron chi connectivity index (χ0n) is 42.7. The van der Waals surface area contributed by atoms with Crippen LogP contribution in [0.15, 0.2) is 261 Å². The Balaban J connectivity index is 1.17. The van der Waals surface area contributed by atoms with Gasteiger partial charge >= 0.3 is 0 Å². The van der Waals surface area contributed by atoms with Crippen LogP contribution in [-0.4, -0.2) is 0 Å². The Labute approximate surface area is 386 Å². The zero-order valence-corrected chi connectivity index (χ0v) is 34.7. The number of fused-ring (bicyclic) bond motifs is 5. The molecule has 0 saturated heterocycles. The number of anilines is 3. The Morgan fingerprint density at radius 2 is 0.719 bits per heavy atom. The van der Waals surface area contributed by atoms with Crippen molar-refractivity contribution in [3.05, 3.63) is 283 Å². The minimum Gasteiger partial charge on any atom is -0.310 e. The van der Waals surface area contributed by atoms with E-state index < -0.39 is 29.6 Å². The van der Waals surface area contributed by atoms with E-state index in [1.807, 2.05) is 121 Å². The fourth-order valence-corrected chi connectivity index (χ4v) is 9.96. The molecule has 11 aromatic rings. The van der Waals surface area contributed by atoms with E-state index in [-0.39, 0.29) is 46.7 Å². The first kappa shape index (κ1) is 29.9. The van der Waals surface area contributed by atoms with Gasteiger partial charge in [-0.2, -0.15) is 0 Å². The molecule has 12 rings (SSSR count). The van der Waals surface area contributed by atoms with Crippen molar-refractivity contribution in [2.45, 2.75) is 5.41 Å². The Hall–Kier alpha value is -8.26. The maximum atomic E-state index is 9.96. The van der Waals surface area contributed by atoms with Gasteiger partial charge in [-0.3, -0.25) is 0 Å². The highest BCUT2D eigenvalue weighted by Crippen LogP contribution is 2.59. The predicted octanol–water partition coefficient (Wildman–Crippen LogP) is 16.8. The number of benzene rings is 11. The summed E-state index contributed by atoms with van der Waals surface area (Å²) in [6.07, 6.45) is 0. The van der Waals surface area contributed by atoms with Crippen LogP contribution in [0.2, 0.25) is 0 Å². The standard InChI is InChI=1S/C63H43N/c1-3-22-48(23-4-1)63(49-24-5-2-6-25-49)59-33-13-11-29-58(59)62-57(32-17-34-60(62)63)56-28-12-14-35-61(56)64(50-40-36-46(37-41-50)54-30-15-20-44-18-7-9-26-52(44)54)51-42-38-47(39-43-51)55-31-16-21-45-19-8-10-27-53(45)55/h1-43H/i36D,37D,38D,39D,40D,41D,42D,43D. The SMILES string of the molecule is [2H]c1c([2H])c(N(c2ccccc2-c2cccc3c2-c2ccccc2C3(c2ccccc2)c2ccccc2)c2c([2H])c([2H])c(-c3cccc4ccccc34)c([2H])c2[2H])c([2H])c([2H])c1-c1cccc2ccccc12. The summed E-state index contributed by atoms with van der Waals surface area (Å²) in [7, 11) is 0. The zero-order chi connectivity index (χ0) is 49.4. The minimum atomic E-state index is -0.736. The quantitative estimate of drug-likeness (QED) is 0.148. The summed E-state index contributed by atoms with van der Waals surface area (Å²) < 4.78 is 78.8. The van der Waals surface area contributed by atoms with E-state index >= 15 is 0 Å². The van der Waals surface area contributed by atoms with E-state index in [0.29, 0.717) is 22.4 Å². The first-order chi connectivity index (χ1) is 35.1. The molecule has 11 aromatic carbocycles. The normalized spacial score (nSPS) is 14.2. The Morgan fingerprint density at radius 3 is 1.30 bits per heavy atom. The number of hydrogen-bond acceptors (Lipinski definition) is 1. The van der Waals surface area contributed by atoms with Gasteiger partial charge in [-0.1, -0.05) is 230 Å². The second kappa shape index (κ2) is 15.6. The Kier molecular flexibility index (Phi) is 7.28. The highest BCUT2D eigenvalue weighted by molar-refractivity contribution is 6.01. The van der Waals surface area contributed by atoms with E-state index in [1.165, 1.54) is 4.90 Å². The summed E-state index contributed by atoms with van der Waals surface area (Å²) in [6, 6.07) is 66.6. The molecule has 1 aliphatic carbocycles. The van der Waals surface area contributed by atoms with E-state index in [1.54, 1.807) is 18.2 Å². The molecule has 0 aromatic heterocycles. The largest absolute Gasteiger partial charge is 0.310 e. The van der Waals surface area contributed by atoms with Crippen LogP contribution in [0.3, 0.4) is 0 Å². The van der Waals surface area contributed by atoms with Crippen molar-refractivity contribution in [3.8, 4) is 44.5 Å². The molecular formula is C63H43N. The van der Waals surface area contributed by atoms with Gasteiger partial charge in [-0.15, -0.1) is 0 Å². The van der Waals surface area contributed by atoms with E-state index in [9.17, 15) is 11.0 Å². The van der Waals surface area contributed by atoms with Crippen LogP contribution in [-0.2, 0) is 5.41 Å². The molecule has 0 atom stereocenters. The van der Waals surface area contributed by atoms with E-state index in [2.05, 4.69) is 72.8 Å². The maximum absolute atomic E-state index is 9.96. The van der Waals surface area contributed by atoms with Crippen LogP contribution in [0.25, 0.3) is 66.1 Å². The van der Waals surface area contributed by atoms with Gasteiger partial charge in [0, 0.05) is 16.9 Å². The highest BCUT2D eigenvalue weighted by Gasteiger charge is 2.46. The molecule has 1 nitrogen and oxygen atoms in total. The van der Waals surface area contributed by atoms with Gasteiger partial charge in [-0.05, 0) is 113 Å². The number of hydrogen-bond donors (Lipinski definition) is 0. The predicted molar refractivity (Wildman–Crippen MR) is 270 cm³/mol. The third-order valence-corrected chi connectivity index (χ3v) is 12.7. The van der Waals surface area contributed by atoms with Crippen LogP contribution in [0.4, 0.5) is 17.1 Å². The van der Waals surface area contributed by atoms with Gasteiger partial charge in [0.1, 0.15) is 0 Å². The molecule has 0 saturated carbocycles. The van der Waals surface area contributed by atoms with Crippen molar-refractivity contribution < 1.29 is 11.0 Å². The second-order valence-corrected chi connectivity index (χ2v) is 16.1. The van der Waals surface area contributed by atoms with E-state index in [4.69, 9.17) is 0 Å². The summed E-state index contributed by atoms with van der Waals surface area (Å²) in [5.74, 6) is 0. The molecule has 0 fully saturated rings. The summed E-state index contributed by atoms with van der Waals surface area (Å²) in [4.78, 5) is 1.44. The monoisotopic (exact) mass is 821 g/mol. The van der Waals surface area contributed by atoms with Crippen LogP contribution in [0, 0.1) is 0 Å². The van der Waals surface area contributed by atoms with Crippen LogP contribution in [0.1, 0.15) is 33.2 Å². The first-order valence-electron chi connectivity index (χ1n) is 25.5. The molecule has 1 aliphatic rings. The van der Waals surface area contributed by atoms with Crippen LogP contribution >= 0.6 is 0 Å². The third-order valence-electron chi connectivity index (χ3n) is 12.7. The third kappa shape index (κ3) is 6.01. The summed E-state index contributed by atoms with van der Waals surface area (Å²) in [5, 5.41) is 3.28. The Bertz CT molecular complexity index is 3730. The molecule has 0 radical (unpaired) electrons. The van der Waals surface area contributed by atoms with Crippen molar-refractivity contribution in [2.24, 2.45) is 0 Å². The molecule has 64 heavy (non-hydrogen) atoms. The summed E-state index contributed by atoms with van der Waals surface area (Å²) in [6.45, 7) is 0. The van der Waals surface area contributed by atoms with Crippen LogP contribution < -0.4 is 4.90 Å². The fourth-order valence-electron chi connectivity index (χ4n) is 9.96. The molecule has 1 heteroatoms. The van der Waals surface area contributed by atoms with Crippen molar-refractivity contribution in [1.82, 2.24) is 0 Å². The lowest BCUT2D eigenvalue weighted by Gasteiger charge is -2.34. The maximum Gasteiger partial charge on any atom is 0.0713 e. The molecule has 0 unspecified atom stereocenters. The van der Waals surface area contributed by atoms with Gasteiger partial charge in [0.15, 0.2) is 0 Å². The summed E-state index contributed by atoms with van der Waals surface area (Å²) >= 11 is 0. The lowest BCUT2D eigenvalue weighted by molar-refractivity contribution is 0.768. The van der Waals surface area contributed by atoms with Crippen molar-refractivity contribution in [2.75, 3.05) is 4.90 Å². The average molecular weight is 822 g/mol. The molecular weight excluding hydrogens is 771 g/mol. The molecule has 0 bridgehead atoms. The van der Waals surface area contributed by atoms with Crippen molar-refractivity contribution in [1.29, 1.82) is 0 Å². The van der Waals surface area contributed by atoms with E-state index in [0.717, 1.165) is 60.5 Å². The summed E-state index contributed by atoms with van der Waals surface area (Å²) in [5.41, 5.74) is 8.12. The molecule has 0 N–H and O–H groups in total. The first-order valence-corrected chi connectivity index (χ1v) is 21.5. The number of nitrogens with zero attached hydrogens (tertiary/aromatic N) is 1. The van der Waals surface area contributed by atoms with Gasteiger partial charge < -0.3 is 4.90 Å². The molecule has 0 heterocycles. The lowest BCUT2D eigenvalue weighted by atomic mass is 9.67. The number of rotatable bonds is 8. The molecule has 0 amide bonds. The average Bonchev–Trinajstić information content (AvgIpc) is 3.73. The molecule has 300 valence electrons. The Morgan fingerprint density at radius 1 is 0.312 bits per heavy atom. The fraction of sp³-hybridized carbons (Fsp3) is 0.0159. The molecule has 0 aliphatic heterocycles.